The van der Waals surface area contributed by atoms with Gasteiger partial charge in [-0.05, 0) is 26.0 Å². The molecule has 1 aromatic carbocycles. The average molecular weight is 335 g/mol. The molecule has 6 heteroatoms. The van der Waals surface area contributed by atoms with Crippen LogP contribution in [0.2, 0.25) is 0 Å². The van der Waals surface area contributed by atoms with E-state index in [2.05, 4.69) is 41.5 Å². The highest BCUT2D eigenvalue weighted by Crippen LogP contribution is 2.19. The molecule has 2 amide bonds. The van der Waals surface area contributed by atoms with E-state index in [-0.39, 0.29) is 12.1 Å². The molecule has 0 saturated carbocycles. The quantitative estimate of drug-likeness (QED) is 0.817. The molecule has 1 heterocycles. The lowest BCUT2D eigenvalue weighted by Crippen LogP contribution is -2.42. The Bertz CT molecular complexity index is 584. The van der Waals surface area contributed by atoms with Gasteiger partial charge < -0.3 is 10.2 Å². The Hall–Kier alpha value is -1.53. The van der Waals surface area contributed by atoms with Crippen LogP contribution in [0.15, 0.2) is 40.1 Å². The second-order valence-corrected chi connectivity index (χ2v) is 7.12. The van der Waals surface area contributed by atoms with Crippen molar-refractivity contribution in [3.63, 3.8) is 0 Å². The fourth-order valence-electron chi connectivity index (χ4n) is 1.85. The van der Waals surface area contributed by atoms with Gasteiger partial charge in [0.1, 0.15) is 0 Å². The van der Waals surface area contributed by atoms with Gasteiger partial charge in [-0.15, -0.1) is 23.1 Å². The first-order valence-corrected chi connectivity index (χ1v) is 9.05. The molecule has 118 valence electrons. The van der Waals surface area contributed by atoms with E-state index in [4.69, 9.17) is 0 Å². The predicted octanol–water partition coefficient (Wildman–Crippen LogP) is 3.77. The van der Waals surface area contributed by atoms with Gasteiger partial charge in [-0.1, -0.05) is 17.7 Å². The first-order chi connectivity index (χ1) is 10.5. The fourth-order valence-corrected chi connectivity index (χ4v) is 3.25. The minimum Gasteiger partial charge on any atom is -0.335 e. The number of urea groups is 1. The number of carbonyl (C=O) groups excluding carboxylic acids is 1. The number of nitrogens with one attached hydrogen (secondary N) is 1. The molecule has 0 saturated heterocycles. The number of aromatic nitrogens is 1. The third kappa shape index (κ3) is 5.35. The van der Waals surface area contributed by atoms with Gasteiger partial charge in [0.2, 0.25) is 0 Å². The number of hydrogen-bond acceptors (Lipinski definition) is 4. The third-order valence-electron chi connectivity index (χ3n) is 3.12. The van der Waals surface area contributed by atoms with Crippen LogP contribution in [0.3, 0.4) is 0 Å². The normalized spacial score (nSPS) is 12.0. The summed E-state index contributed by atoms with van der Waals surface area (Å²) in [7, 11) is 1.79. The van der Waals surface area contributed by atoms with Gasteiger partial charge in [0.15, 0.2) is 0 Å². The van der Waals surface area contributed by atoms with Crippen molar-refractivity contribution in [3.05, 3.63) is 46.4 Å². The zero-order chi connectivity index (χ0) is 15.9. The number of hydrogen-bond donors (Lipinski definition) is 1. The van der Waals surface area contributed by atoms with Crippen molar-refractivity contribution < 1.29 is 4.79 Å². The highest BCUT2D eigenvalue weighted by atomic mass is 32.2. The van der Waals surface area contributed by atoms with Crippen molar-refractivity contribution in [1.82, 2.24) is 15.2 Å². The van der Waals surface area contributed by atoms with E-state index in [1.165, 1.54) is 10.5 Å². The van der Waals surface area contributed by atoms with Crippen LogP contribution in [-0.2, 0) is 6.54 Å². The lowest BCUT2D eigenvalue weighted by Gasteiger charge is -2.20. The molecular weight excluding hydrogens is 314 g/mol. The van der Waals surface area contributed by atoms with E-state index in [0.29, 0.717) is 6.54 Å². The number of thiazole rings is 1. The molecule has 0 radical (unpaired) electrons. The van der Waals surface area contributed by atoms with Gasteiger partial charge in [-0.3, -0.25) is 0 Å². The molecule has 2 rings (SSSR count). The zero-order valence-corrected chi connectivity index (χ0v) is 14.7. The summed E-state index contributed by atoms with van der Waals surface area (Å²) in [6.07, 6.45) is 0. The van der Waals surface area contributed by atoms with E-state index in [9.17, 15) is 4.79 Å². The van der Waals surface area contributed by atoms with Gasteiger partial charge in [0.05, 0.1) is 17.7 Å². The molecule has 0 unspecified atom stereocenters. The summed E-state index contributed by atoms with van der Waals surface area (Å²) in [6.45, 7) is 4.64. The van der Waals surface area contributed by atoms with Gasteiger partial charge >= 0.3 is 6.03 Å². The molecule has 0 aliphatic rings. The second kappa shape index (κ2) is 8.19. The Morgan fingerprint density at radius 2 is 2.14 bits per heavy atom. The van der Waals surface area contributed by atoms with E-state index in [1.54, 1.807) is 40.6 Å². The van der Waals surface area contributed by atoms with Gasteiger partial charge in [-0.25, -0.2) is 9.78 Å². The summed E-state index contributed by atoms with van der Waals surface area (Å²) in [4.78, 5) is 19.2. The molecule has 0 spiro atoms. The van der Waals surface area contributed by atoms with Crippen LogP contribution >= 0.6 is 23.1 Å². The predicted molar refractivity (Wildman–Crippen MR) is 93.5 cm³/mol. The van der Waals surface area contributed by atoms with Crippen LogP contribution in [0.1, 0.15) is 18.2 Å². The van der Waals surface area contributed by atoms with E-state index < -0.39 is 0 Å². The van der Waals surface area contributed by atoms with E-state index in [1.807, 2.05) is 12.3 Å². The molecule has 2 aromatic rings. The summed E-state index contributed by atoms with van der Waals surface area (Å²) < 4.78 is 0. The van der Waals surface area contributed by atoms with Crippen LogP contribution in [0.4, 0.5) is 4.79 Å². The molecule has 1 aromatic heterocycles. The number of nitrogens with zero attached hydrogens (tertiary/aromatic N) is 2. The molecule has 0 fully saturated rings. The lowest BCUT2D eigenvalue weighted by molar-refractivity contribution is 0.204. The smallest absolute Gasteiger partial charge is 0.317 e. The highest BCUT2D eigenvalue weighted by Gasteiger charge is 2.13. The number of rotatable bonds is 6. The monoisotopic (exact) mass is 335 g/mol. The number of carbonyl (C=O) groups is 1. The SMILES string of the molecule is Cc1ccc(SC[C@H](C)NC(=O)N(C)Cc2cscn2)cc1. The van der Waals surface area contributed by atoms with Crippen molar-refractivity contribution in [1.29, 1.82) is 0 Å². The summed E-state index contributed by atoms with van der Waals surface area (Å²) in [6, 6.07) is 8.48. The van der Waals surface area contributed by atoms with Gasteiger partial charge in [-0.2, -0.15) is 0 Å². The summed E-state index contributed by atoms with van der Waals surface area (Å²) >= 11 is 3.29. The first kappa shape index (κ1) is 16.8. The zero-order valence-electron chi connectivity index (χ0n) is 13.1. The van der Waals surface area contributed by atoms with Crippen LogP contribution in [0.5, 0.6) is 0 Å². The molecule has 22 heavy (non-hydrogen) atoms. The van der Waals surface area contributed by atoms with Gasteiger partial charge in [0, 0.05) is 29.1 Å². The Morgan fingerprint density at radius 3 is 2.77 bits per heavy atom. The van der Waals surface area contributed by atoms with Crippen molar-refractivity contribution in [2.24, 2.45) is 0 Å². The standard InChI is InChI=1S/C16H21N3OS2/c1-12-4-6-15(7-5-12)22-9-13(2)18-16(20)19(3)8-14-10-21-11-17-14/h4-7,10-11,13H,8-9H2,1-3H3,(H,18,20)/t13-/m0/s1. The molecule has 0 aliphatic heterocycles. The molecule has 0 aliphatic carbocycles. The largest absolute Gasteiger partial charge is 0.335 e. The topological polar surface area (TPSA) is 45.2 Å². The molecule has 1 N–H and O–H groups in total. The minimum absolute atomic E-state index is 0.0648. The number of aryl methyl sites for hydroxylation is 1. The summed E-state index contributed by atoms with van der Waals surface area (Å²) in [5.41, 5.74) is 3.96. The molecular formula is C16H21N3OS2. The lowest BCUT2D eigenvalue weighted by atomic mass is 10.2. The second-order valence-electron chi connectivity index (χ2n) is 5.31. The van der Waals surface area contributed by atoms with Crippen LogP contribution < -0.4 is 5.32 Å². The van der Waals surface area contributed by atoms with E-state index in [0.717, 1.165) is 11.4 Å². The van der Waals surface area contributed by atoms with Crippen LogP contribution in [0, 0.1) is 6.92 Å². The maximum Gasteiger partial charge on any atom is 0.317 e. The molecule has 1 atom stereocenters. The maximum atomic E-state index is 12.1. The highest BCUT2D eigenvalue weighted by molar-refractivity contribution is 7.99. The van der Waals surface area contributed by atoms with Crippen LogP contribution in [0.25, 0.3) is 0 Å². The summed E-state index contributed by atoms with van der Waals surface area (Å²) in [5, 5.41) is 4.97. The maximum absolute atomic E-state index is 12.1. The Labute approximate surface area is 139 Å². The Balaban J connectivity index is 1.74. The van der Waals surface area contributed by atoms with Crippen molar-refractivity contribution in [2.75, 3.05) is 12.8 Å². The first-order valence-electron chi connectivity index (χ1n) is 7.13. The summed E-state index contributed by atoms with van der Waals surface area (Å²) in [5.74, 6) is 0.847. The fraction of sp³-hybridized carbons (Fsp3) is 0.375. The van der Waals surface area contributed by atoms with Crippen molar-refractivity contribution in [2.45, 2.75) is 31.3 Å². The van der Waals surface area contributed by atoms with Crippen molar-refractivity contribution >= 4 is 29.1 Å². The minimum atomic E-state index is -0.0648. The van der Waals surface area contributed by atoms with Gasteiger partial charge in [0.25, 0.3) is 0 Å². The molecule has 4 nitrogen and oxygen atoms in total. The van der Waals surface area contributed by atoms with Crippen LogP contribution in [-0.4, -0.2) is 34.8 Å². The Kier molecular flexibility index (Phi) is 6.27. The Morgan fingerprint density at radius 1 is 1.41 bits per heavy atom. The number of benzene rings is 1. The molecule has 0 bridgehead atoms. The van der Waals surface area contributed by atoms with E-state index >= 15 is 0 Å². The average Bonchev–Trinajstić information content (AvgIpc) is 2.99. The van der Waals surface area contributed by atoms with Crippen molar-refractivity contribution in [3.8, 4) is 0 Å². The number of thioether (sulfide) groups is 1. The third-order valence-corrected chi connectivity index (χ3v) is 5.03. The number of amides is 2.